The molecule has 3 aromatic carbocycles. The second-order valence-corrected chi connectivity index (χ2v) is 7.72. The van der Waals surface area contributed by atoms with E-state index in [0.717, 1.165) is 21.9 Å². The van der Waals surface area contributed by atoms with E-state index in [1.807, 2.05) is 48.5 Å². The number of carbonyl (C=O) groups excluding carboxylic acids is 1. The topological polar surface area (TPSA) is 83.1 Å². The highest BCUT2D eigenvalue weighted by Crippen LogP contribution is 2.36. The summed E-state index contributed by atoms with van der Waals surface area (Å²) in [5.41, 5.74) is 2.81. The number of furan rings is 2. The van der Waals surface area contributed by atoms with Crippen molar-refractivity contribution in [2.45, 2.75) is 6.42 Å². The highest BCUT2D eigenvalue weighted by Gasteiger charge is 2.18. The first kappa shape index (κ1) is 21.5. The van der Waals surface area contributed by atoms with Gasteiger partial charge in [0.15, 0.2) is 5.76 Å². The second kappa shape index (κ2) is 8.86. The summed E-state index contributed by atoms with van der Waals surface area (Å²) in [6, 6.07) is 20.3. The summed E-state index contributed by atoms with van der Waals surface area (Å²) in [6.45, 7) is 0. The molecule has 0 aliphatic rings. The van der Waals surface area contributed by atoms with Crippen molar-refractivity contribution in [3.05, 3.63) is 83.8 Å². The molecule has 172 valence electrons. The monoisotopic (exact) mass is 457 g/mol. The van der Waals surface area contributed by atoms with Crippen LogP contribution in [0.15, 0.2) is 75.6 Å². The average Bonchev–Trinajstić information content (AvgIpc) is 3.47. The third-order valence-electron chi connectivity index (χ3n) is 5.68. The van der Waals surface area contributed by atoms with E-state index in [1.54, 1.807) is 39.5 Å². The van der Waals surface area contributed by atoms with Gasteiger partial charge in [0.05, 0.1) is 27.0 Å². The van der Waals surface area contributed by atoms with Crippen molar-refractivity contribution in [1.29, 1.82) is 0 Å². The number of rotatable bonds is 7. The van der Waals surface area contributed by atoms with Gasteiger partial charge in [0.2, 0.25) is 0 Å². The van der Waals surface area contributed by atoms with Crippen molar-refractivity contribution in [2.75, 3.05) is 26.6 Å². The molecule has 1 N–H and O–H groups in total. The van der Waals surface area contributed by atoms with Crippen LogP contribution in [0, 0.1) is 0 Å². The van der Waals surface area contributed by atoms with Gasteiger partial charge in [0.1, 0.15) is 34.2 Å². The predicted molar refractivity (Wildman–Crippen MR) is 129 cm³/mol. The number of methoxy groups -OCH3 is 3. The van der Waals surface area contributed by atoms with E-state index >= 15 is 0 Å². The van der Waals surface area contributed by atoms with Crippen molar-refractivity contribution < 1.29 is 27.8 Å². The third-order valence-corrected chi connectivity index (χ3v) is 5.68. The van der Waals surface area contributed by atoms with E-state index in [0.29, 0.717) is 40.7 Å². The maximum absolute atomic E-state index is 12.9. The van der Waals surface area contributed by atoms with Gasteiger partial charge in [0.25, 0.3) is 5.91 Å². The fourth-order valence-corrected chi connectivity index (χ4v) is 4.00. The molecule has 1 amide bonds. The van der Waals surface area contributed by atoms with Crippen LogP contribution in [-0.2, 0) is 6.42 Å². The lowest BCUT2D eigenvalue weighted by molar-refractivity contribution is 0.0994. The first-order valence-electron chi connectivity index (χ1n) is 10.7. The molecule has 7 heteroatoms. The smallest absolute Gasteiger partial charge is 0.291 e. The Labute approximate surface area is 195 Å². The van der Waals surface area contributed by atoms with Gasteiger partial charge in [-0.25, -0.2) is 0 Å². The quantitative estimate of drug-likeness (QED) is 0.320. The molecule has 2 aromatic heterocycles. The van der Waals surface area contributed by atoms with Gasteiger partial charge in [-0.1, -0.05) is 18.2 Å². The van der Waals surface area contributed by atoms with Crippen LogP contribution in [0.5, 0.6) is 17.2 Å². The van der Waals surface area contributed by atoms with Crippen molar-refractivity contribution in [2.24, 2.45) is 0 Å². The Balaban J connectivity index is 1.40. The minimum atomic E-state index is -0.391. The van der Waals surface area contributed by atoms with Crippen LogP contribution in [0.4, 0.5) is 5.69 Å². The summed E-state index contributed by atoms with van der Waals surface area (Å²) in [6.07, 6.45) is 0.446. The number of fused-ring (bicyclic) bond motifs is 3. The Hall–Kier alpha value is -4.39. The van der Waals surface area contributed by atoms with Crippen LogP contribution in [0.25, 0.3) is 21.9 Å². The Kier molecular flexibility index (Phi) is 5.59. The molecule has 0 fully saturated rings. The molecule has 0 radical (unpaired) electrons. The van der Waals surface area contributed by atoms with Crippen LogP contribution >= 0.6 is 0 Å². The summed E-state index contributed by atoms with van der Waals surface area (Å²) in [5, 5.41) is 4.77. The molecule has 0 saturated carbocycles. The number of para-hydroxylation sites is 1. The summed E-state index contributed by atoms with van der Waals surface area (Å²) in [5.74, 6) is 2.37. The first-order valence-corrected chi connectivity index (χ1v) is 10.7. The molecule has 0 aliphatic carbocycles. The van der Waals surface area contributed by atoms with E-state index in [2.05, 4.69) is 5.32 Å². The molecular weight excluding hydrogens is 434 g/mol. The second-order valence-electron chi connectivity index (χ2n) is 7.72. The SMILES string of the molecule is COc1ccc(OC)c(Cc2ccc(C(=O)Nc3cc4oc5ccccc5c4cc3OC)o2)c1. The lowest BCUT2D eigenvalue weighted by atomic mass is 10.1. The van der Waals surface area contributed by atoms with Gasteiger partial charge in [-0.3, -0.25) is 4.79 Å². The number of hydrogen-bond donors (Lipinski definition) is 1. The van der Waals surface area contributed by atoms with Crippen molar-refractivity contribution in [3.63, 3.8) is 0 Å². The molecule has 0 aliphatic heterocycles. The molecule has 0 unspecified atom stereocenters. The van der Waals surface area contributed by atoms with Crippen LogP contribution < -0.4 is 19.5 Å². The van der Waals surface area contributed by atoms with Crippen LogP contribution in [0.1, 0.15) is 21.9 Å². The van der Waals surface area contributed by atoms with Crippen molar-refractivity contribution in [3.8, 4) is 17.2 Å². The minimum absolute atomic E-state index is 0.184. The fourth-order valence-electron chi connectivity index (χ4n) is 4.00. The van der Waals surface area contributed by atoms with E-state index < -0.39 is 5.91 Å². The Morgan fingerprint density at radius 3 is 2.41 bits per heavy atom. The molecule has 5 aromatic rings. The van der Waals surface area contributed by atoms with Gasteiger partial charge in [-0.05, 0) is 42.5 Å². The van der Waals surface area contributed by atoms with E-state index in [9.17, 15) is 4.79 Å². The van der Waals surface area contributed by atoms with Crippen LogP contribution in [0.2, 0.25) is 0 Å². The van der Waals surface area contributed by atoms with Crippen molar-refractivity contribution >= 4 is 33.5 Å². The maximum Gasteiger partial charge on any atom is 0.291 e. The number of amides is 1. The average molecular weight is 457 g/mol. The van der Waals surface area contributed by atoms with Crippen LogP contribution in [0.3, 0.4) is 0 Å². The van der Waals surface area contributed by atoms with Gasteiger partial charge in [-0.2, -0.15) is 0 Å². The Morgan fingerprint density at radius 2 is 1.62 bits per heavy atom. The zero-order valence-electron chi connectivity index (χ0n) is 19.0. The number of ether oxygens (including phenoxy) is 3. The predicted octanol–water partition coefficient (Wildman–Crippen LogP) is 6.05. The summed E-state index contributed by atoms with van der Waals surface area (Å²) in [7, 11) is 4.78. The normalized spacial score (nSPS) is 11.0. The molecule has 34 heavy (non-hydrogen) atoms. The Morgan fingerprint density at radius 1 is 0.794 bits per heavy atom. The highest BCUT2D eigenvalue weighted by molar-refractivity contribution is 6.09. The number of benzene rings is 3. The molecule has 0 saturated heterocycles. The molecule has 0 bridgehead atoms. The van der Waals surface area contributed by atoms with Crippen LogP contribution in [-0.4, -0.2) is 27.2 Å². The van der Waals surface area contributed by atoms with E-state index in [1.165, 1.54) is 0 Å². The number of hydrogen-bond acceptors (Lipinski definition) is 6. The lowest BCUT2D eigenvalue weighted by Gasteiger charge is -2.10. The van der Waals surface area contributed by atoms with E-state index in [-0.39, 0.29) is 5.76 Å². The van der Waals surface area contributed by atoms with Gasteiger partial charge >= 0.3 is 0 Å². The molecule has 2 heterocycles. The number of anilines is 1. The first-order chi connectivity index (χ1) is 16.6. The van der Waals surface area contributed by atoms with Gasteiger partial charge in [0, 0.05) is 28.8 Å². The molecule has 0 spiro atoms. The zero-order chi connectivity index (χ0) is 23.7. The summed E-state index contributed by atoms with van der Waals surface area (Å²) in [4.78, 5) is 12.9. The fraction of sp³-hybridized carbons (Fsp3) is 0.148. The summed E-state index contributed by atoms with van der Waals surface area (Å²) >= 11 is 0. The number of nitrogens with one attached hydrogen (secondary N) is 1. The van der Waals surface area contributed by atoms with E-state index in [4.69, 9.17) is 23.0 Å². The molecule has 0 atom stereocenters. The lowest BCUT2D eigenvalue weighted by Crippen LogP contribution is -2.11. The summed E-state index contributed by atoms with van der Waals surface area (Å²) < 4.78 is 28.0. The molecule has 7 nitrogen and oxygen atoms in total. The largest absolute Gasteiger partial charge is 0.497 e. The zero-order valence-corrected chi connectivity index (χ0v) is 19.0. The standard InChI is InChI=1S/C27H23NO6/c1-30-17-8-10-22(31-2)16(12-17)13-18-9-11-24(33-18)27(29)28-21-15-25-20(14-26(21)32-3)19-6-4-5-7-23(19)34-25/h4-12,14-15H,13H2,1-3H3,(H,28,29). The maximum atomic E-state index is 12.9. The highest BCUT2D eigenvalue weighted by atomic mass is 16.5. The molecular formula is C27H23NO6. The molecule has 5 rings (SSSR count). The third kappa shape index (κ3) is 3.92. The number of carbonyl (C=O) groups is 1. The van der Waals surface area contributed by atoms with Gasteiger partial charge in [-0.15, -0.1) is 0 Å². The minimum Gasteiger partial charge on any atom is -0.497 e. The van der Waals surface area contributed by atoms with Gasteiger partial charge < -0.3 is 28.4 Å². The Bertz CT molecular complexity index is 1500. The van der Waals surface area contributed by atoms with Crippen molar-refractivity contribution in [1.82, 2.24) is 0 Å².